The minimum Gasteiger partial charge on any atom is -0.287 e. The van der Waals surface area contributed by atoms with Gasteiger partial charge in [0.2, 0.25) is 5.78 Å². The van der Waals surface area contributed by atoms with E-state index in [2.05, 4.69) is 15.3 Å². The summed E-state index contributed by atoms with van der Waals surface area (Å²) in [5.41, 5.74) is 1.31. The highest BCUT2D eigenvalue weighted by atomic mass is 35.5. The third kappa shape index (κ3) is 5.38. The van der Waals surface area contributed by atoms with Crippen molar-refractivity contribution in [2.45, 2.75) is 13.1 Å². The summed E-state index contributed by atoms with van der Waals surface area (Å²) in [6, 6.07) is 22.3. The van der Waals surface area contributed by atoms with E-state index in [-0.39, 0.29) is 22.3 Å². The number of hydrogen-bond acceptors (Lipinski definition) is 4. The summed E-state index contributed by atoms with van der Waals surface area (Å²) in [5.74, 6) is -0.309. The molecule has 0 amide bonds. The average molecular weight is 495 g/mol. The van der Waals surface area contributed by atoms with Gasteiger partial charge in [-0.25, -0.2) is 4.68 Å². The number of alkyl halides is 3. The summed E-state index contributed by atoms with van der Waals surface area (Å²) in [7, 11) is 0. The molecule has 3 aromatic carbocycles. The van der Waals surface area contributed by atoms with Crippen LogP contribution in [0.5, 0.6) is 0 Å². The Bertz CT molecular complexity index is 1410. The zero-order valence-corrected chi connectivity index (χ0v) is 19.1. The van der Waals surface area contributed by atoms with Crippen molar-refractivity contribution < 1.29 is 18.0 Å². The second-order valence-corrected chi connectivity index (χ2v) is 7.86. The van der Waals surface area contributed by atoms with E-state index in [1.54, 1.807) is 61.5 Å². The number of rotatable bonds is 6. The Morgan fingerprint density at radius 3 is 2.20 bits per heavy atom. The van der Waals surface area contributed by atoms with Crippen molar-refractivity contribution in [3.8, 4) is 5.69 Å². The molecule has 0 unspecified atom stereocenters. The molecular weight excluding hydrogens is 477 g/mol. The first-order chi connectivity index (χ1) is 16.8. The molecule has 0 bridgehead atoms. The fourth-order valence-corrected chi connectivity index (χ4v) is 3.66. The first-order valence-electron chi connectivity index (χ1n) is 10.4. The van der Waals surface area contributed by atoms with Crippen LogP contribution in [0.3, 0.4) is 0 Å². The SMILES string of the molecule is Cc1nn(-c2cccc(C(F)(F)F)c2)c(Cl)c1/C=N\N=C(/C(=O)c1ccccc1)c1ccccc1. The molecule has 5 nitrogen and oxygen atoms in total. The fraction of sp³-hybridized carbons (Fsp3) is 0.0769. The number of nitrogens with zero attached hydrogens (tertiary/aromatic N) is 4. The normalized spacial score (nSPS) is 12.3. The minimum absolute atomic E-state index is 0.0661. The summed E-state index contributed by atoms with van der Waals surface area (Å²) in [5, 5.41) is 12.6. The van der Waals surface area contributed by atoms with Crippen LogP contribution in [-0.2, 0) is 6.18 Å². The molecule has 0 saturated heterocycles. The van der Waals surface area contributed by atoms with Crippen molar-refractivity contribution in [2.24, 2.45) is 10.2 Å². The van der Waals surface area contributed by atoms with Gasteiger partial charge >= 0.3 is 6.18 Å². The van der Waals surface area contributed by atoms with Crippen LogP contribution >= 0.6 is 11.6 Å². The third-order valence-corrected chi connectivity index (χ3v) is 5.47. The highest BCUT2D eigenvalue weighted by Crippen LogP contribution is 2.31. The van der Waals surface area contributed by atoms with E-state index in [4.69, 9.17) is 11.6 Å². The Labute approximate surface area is 204 Å². The quantitative estimate of drug-likeness (QED) is 0.173. The molecule has 0 spiro atoms. The number of aryl methyl sites for hydroxylation is 1. The summed E-state index contributed by atoms with van der Waals surface area (Å²) in [4.78, 5) is 13.1. The second-order valence-electron chi connectivity index (χ2n) is 7.50. The predicted molar refractivity (Wildman–Crippen MR) is 130 cm³/mol. The van der Waals surface area contributed by atoms with Crippen LogP contribution in [-0.4, -0.2) is 27.5 Å². The van der Waals surface area contributed by atoms with Gasteiger partial charge in [-0.2, -0.15) is 23.4 Å². The smallest absolute Gasteiger partial charge is 0.287 e. The third-order valence-electron chi connectivity index (χ3n) is 5.11. The van der Waals surface area contributed by atoms with Gasteiger partial charge < -0.3 is 0 Å². The molecule has 1 heterocycles. The Hall–Kier alpha value is -4.04. The van der Waals surface area contributed by atoms with Crippen molar-refractivity contribution >= 4 is 29.3 Å². The van der Waals surface area contributed by atoms with Crippen LogP contribution < -0.4 is 0 Å². The average Bonchev–Trinajstić information content (AvgIpc) is 3.15. The first-order valence-corrected chi connectivity index (χ1v) is 10.8. The number of carbonyl (C=O) groups excluding carboxylic acids is 1. The van der Waals surface area contributed by atoms with Gasteiger partial charge in [0.05, 0.1) is 28.7 Å². The van der Waals surface area contributed by atoms with E-state index >= 15 is 0 Å². The number of benzene rings is 3. The molecule has 176 valence electrons. The van der Waals surface area contributed by atoms with Gasteiger partial charge in [0.25, 0.3) is 0 Å². The Kier molecular flexibility index (Phi) is 6.93. The molecule has 0 aliphatic rings. The molecule has 0 aliphatic heterocycles. The minimum atomic E-state index is -4.50. The van der Waals surface area contributed by atoms with Gasteiger partial charge in [-0.1, -0.05) is 78.3 Å². The van der Waals surface area contributed by atoms with Crippen LogP contribution in [0.25, 0.3) is 5.69 Å². The molecule has 35 heavy (non-hydrogen) atoms. The lowest BCUT2D eigenvalue weighted by Gasteiger charge is -2.09. The van der Waals surface area contributed by atoms with Crippen molar-refractivity contribution in [3.63, 3.8) is 0 Å². The van der Waals surface area contributed by atoms with Crippen molar-refractivity contribution in [3.05, 3.63) is 118 Å². The number of carbonyl (C=O) groups is 1. The number of Topliss-reactive ketones (excluding diaryl/α,β-unsaturated/α-hetero) is 1. The van der Waals surface area contributed by atoms with Crippen molar-refractivity contribution in [2.75, 3.05) is 0 Å². The molecule has 0 radical (unpaired) electrons. The Morgan fingerprint density at radius 1 is 0.943 bits per heavy atom. The predicted octanol–water partition coefficient (Wildman–Crippen LogP) is 6.56. The van der Waals surface area contributed by atoms with Crippen LogP contribution in [0.1, 0.15) is 32.7 Å². The largest absolute Gasteiger partial charge is 0.416 e. The zero-order chi connectivity index (χ0) is 25.0. The van der Waals surface area contributed by atoms with Crippen LogP contribution in [0.15, 0.2) is 95.1 Å². The summed E-state index contributed by atoms with van der Waals surface area (Å²) in [6.45, 7) is 1.65. The highest BCUT2D eigenvalue weighted by Gasteiger charge is 2.31. The maximum Gasteiger partial charge on any atom is 0.416 e. The standard InChI is InChI=1S/C26H18ClF3N4O/c1-17-22(25(27)34(33-17)21-14-8-13-20(15-21)26(28,29)30)16-31-32-23(18-9-4-2-5-10-18)24(35)19-11-6-3-7-12-19/h2-16H,1H3/b31-16-,32-23-. The lowest BCUT2D eigenvalue weighted by molar-refractivity contribution is -0.137. The highest BCUT2D eigenvalue weighted by molar-refractivity contribution is 6.51. The van der Waals surface area contributed by atoms with E-state index < -0.39 is 11.7 Å². The molecule has 9 heteroatoms. The molecule has 0 aliphatic carbocycles. The number of ketones is 1. The number of hydrogen-bond donors (Lipinski definition) is 0. The van der Waals surface area contributed by atoms with Gasteiger partial charge in [-0.05, 0) is 25.1 Å². The molecule has 4 aromatic rings. The Balaban J connectivity index is 1.70. The van der Waals surface area contributed by atoms with Gasteiger partial charge in [0.1, 0.15) is 10.9 Å². The molecule has 0 N–H and O–H groups in total. The van der Waals surface area contributed by atoms with Gasteiger partial charge in [-0.3, -0.25) is 4.79 Å². The molecule has 0 saturated carbocycles. The van der Waals surface area contributed by atoms with E-state index in [1.807, 2.05) is 6.07 Å². The molecule has 4 rings (SSSR count). The maximum atomic E-state index is 13.1. The van der Waals surface area contributed by atoms with Crippen LogP contribution in [0, 0.1) is 6.92 Å². The zero-order valence-electron chi connectivity index (χ0n) is 18.4. The van der Waals surface area contributed by atoms with Gasteiger partial charge in [0.15, 0.2) is 0 Å². The topological polar surface area (TPSA) is 59.6 Å². The fourth-order valence-electron chi connectivity index (χ4n) is 3.34. The van der Waals surface area contributed by atoms with Gasteiger partial charge in [0, 0.05) is 11.1 Å². The van der Waals surface area contributed by atoms with E-state index in [0.29, 0.717) is 22.4 Å². The van der Waals surface area contributed by atoms with Gasteiger partial charge in [-0.15, -0.1) is 5.10 Å². The lowest BCUT2D eigenvalue weighted by atomic mass is 10.0. The first kappa shape index (κ1) is 24.1. The van der Waals surface area contributed by atoms with Crippen molar-refractivity contribution in [1.82, 2.24) is 9.78 Å². The summed E-state index contributed by atoms with van der Waals surface area (Å²) >= 11 is 6.43. The number of halogens is 4. The molecule has 1 aromatic heterocycles. The van der Waals surface area contributed by atoms with E-state index in [0.717, 1.165) is 12.1 Å². The lowest BCUT2D eigenvalue weighted by Crippen LogP contribution is -2.15. The molecule has 0 atom stereocenters. The molecular formula is C26H18ClF3N4O. The summed E-state index contributed by atoms with van der Waals surface area (Å²) < 4.78 is 40.5. The Morgan fingerprint density at radius 2 is 1.57 bits per heavy atom. The maximum absolute atomic E-state index is 13.1. The monoisotopic (exact) mass is 494 g/mol. The molecule has 0 fully saturated rings. The van der Waals surface area contributed by atoms with E-state index in [1.165, 1.54) is 23.0 Å². The summed E-state index contributed by atoms with van der Waals surface area (Å²) in [6.07, 6.45) is -3.17. The number of aromatic nitrogens is 2. The van der Waals surface area contributed by atoms with E-state index in [9.17, 15) is 18.0 Å². The van der Waals surface area contributed by atoms with Crippen LogP contribution in [0.4, 0.5) is 13.2 Å². The van der Waals surface area contributed by atoms with Crippen LogP contribution in [0.2, 0.25) is 5.15 Å². The van der Waals surface area contributed by atoms with Crippen molar-refractivity contribution in [1.29, 1.82) is 0 Å². The second kappa shape index (κ2) is 10.1.